The molecule has 0 rings (SSSR count). The molecule has 6 nitrogen and oxygen atoms in total. The lowest BCUT2D eigenvalue weighted by Gasteiger charge is -2.18. The van der Waals surface area contributed by atoms with Crippen LogP contribution in [0.2, 0.25) is 0 Å². The summed E-state index contributed by atoms with van der Waals surface area (Å²) in [5.74, 6) is -0.877. The largest absolute Gasteiger partial charge is 0.462 e. The average molecular weight is 1140 g/mol. The van der Waals surface area contributed by atoms with Gasteiger partial charge in [-0.1, -0.05) is 316 Å². The van der Waals surface area contributed by atoms with E-state index in [9.17, 15) is 14.4 Å². The third kappa shape index (κ3) is 66.9. The molecule has 0 aliphatic carbocycles. The van der Waals surface area contributed by atoms with Crippen LogP contribution in [-0.2, 0) is 28.6 Å². The summed E-state index contributed by atoms with van der Waals surface area (Å²) in [4.78, 5) is 38.4. The summed E-state index contributed by atoms with van der Waals surface area (Å²) >= 11 is 0. The summed E-state index contributed by atoms with van der Waals surface area (Å²) in [7, 11) is 0. The molecule has 0 heterocycles. The van der Waals surface area contributed by atoms with Crippen LogP contribution in [0, 0.1) is 0 Å². The Morgan fingerprint density at radius 3 is 0.756 bits per heavy atom. The molecule has 6 heteroatoms. The monoisotopic (exact) mass is 1140 g/mol. The number of esters is 3. The molecule has 1 unspecified atom stereocenters. The minimum Gasteiger partial charge on any atom is -0.462 e. The number of unbranched alkanes of at least 4 members (excludes halogenated alkanes) is 34. The molecule has 0 aromatic heterocycles. The van der Waals surface area contributed by atoms with Gasteiger partial charge in [-0.2, -0.15) is 0 Å². The molecular formula is C76H130O6. The van der Waals surface area contributed by atoms with Crippen molar-refractivity contribution in [3.8, 4) is 0 Å². The zero-order valence-corrected chi connectivity index (χ0v) is 54.0. The predicted octanol–water partition coefficient (Wildman–Crippen LogP) is 24.2. The SMILES string of the molecule is CC/C=C\C/C=C\C/C=C\C/C=C\C/C=C\C/C=C\C/C=C\C/C=C\CCCCCCCCCCCCC(=O)OCC(COC(=O)CCCCCCC/C=C\CCCCCCC)OC(=O)CCCCCCCCCCCCCCCCC. The zero-order valence-electron chi connectivity index (χ0n) is 54.0. The number of hydrogen-bond donors (Lipinski definition) is 0. The van der Waals surface area contributed by atoms with E-state index in [-0.39, 0.29) is 31.1 Å². The summed E-state index contributed by atoms with van der Waals surface area (Å²) in [6, 6.07) is 0. The maximum Gasteiger partial charge on any atom is 0.306 e. The quantitative estimate of drug-likeness (QED) is 0.0261. The van der Waals surface area contributed by atoms with Crippen LogP contribution in [0.1, 0.15) is 335 Å². The lowest BCUT2D eigenvalue weighted by atomic mass is 10.0. The van der Waals surface area contributed by atoms with Gasteiger partial charge in [-0.05, 0) is 109 Å². The predicted molar refractivity (Wildman–Crippen MR) is 357 cm³/mol. The minimum absolute atomic E-state index is 0.0794. The van der Waals surface area contributed by atoms with Gasteiger partial charge in [0.1, 0.15) is 13.2 Å². The van der Waals surface area contributed by atoms with Gasteiger partial charge in [0.2, 0.25) is 0 Å². The molecule has 0 N–H and O–H groups in total. The van der Waals surface area contributed by atoms with E-state index in [0.717, 1.165) is 116 Å². The molecule has 0 aromatic rings. The van der Waals surface area contributed by atoms with Gasteiger partial charge in [0, 0.05) is 19.3 Å². The van der Waals surface area contributed by atoms with E-state index >= 15 is 0 Å². The maximum absolute atomic E-state index is 12.9. The molecule has 0 saturated carbocycles. The second-order valence-corrected chi connectivity index (χ2v) is 23.1. The molecule has 1 atom stereocenters. The fraction of sp³-hybridized carbons (Fsp3) is 0.724. The fourth-order valence-corrected chi connectivity index (χ4v) is 9.81. The van der Waals surface area contributed by atoms with Crippen molar-refractivity contribution < 1.29 is 28.6 Å². The first-order valence-corrected chi connectivity index (χ1v) is 34.9. The minimum atomic E-state index is -0.782. The number of rotatable bonds is 63. The molecule has 470 valence electrons. The Balaban J connectivity index is 4.22. The van der Waals surface area contributed by atoms with Crippen LogP contribution in [0.15, 0.2) is 109 Å². The molecule has 0 amide bonds. The third-order valence-corrected chi connectivity index (χ3v) is 15.0. The van der Waals surface area contributed by atoms with Crippen LogP contribution in [0.25, 0.3) is 0 Å². The number of carbonyl (C=O) groups excluding carboxylic acids is 3. The molecule has 0 radical (unpaired) electrons. The molecule has 0 aliphatic rings. The lowest BCUT2D eigenvalue weighted by molar-refractivity contribution is -0.167. The number of allylic oxidation sites excluding steroid dienone is 18. The summed E-state index contributed by atoms with van der Waals surface area (Å²) in [5, 5.41) is 0. The fourth-order valence-electron chi connectivity index (χ4n) is 9.81. The molecular weight excluding hydrogens is 1010 g/mol. The van der Waals surface area contributed by atoms with E-state index in [1.165, 1.54) is 180 Å². The van der Waals surface area contributed by atoms with E-state index in [1.54, 1.807) is 0 Å². The van der Waals surface area contributed by atoms with Crippen molar-refractivity contribution in [3.05, 3.63) is 109 Å². The van der Waals surface area contributed by atoms with Crippen LogP contribution in [0.5, 0.6) is 0 Å². The van der Waals surface area contributed by atoms with E-state index in [0.29, 0.717) is 19.3 Å². The third-order valence-electron chi connectivity index (χ3n) is 15.0. The topological polar surface area (TPSA) is 78.9 Å². The normalized spacial score (nSPS) is 12.8. The van der Waals surface area contributed by atoms with Crippen LogP contribution < -0.4 is 0 Å². The van der Waals surface area contributed by atoms with E-state index in [1.807, 2.05) is 0 Å². The van der Waals surface area contributed by atoms with Crippen molar-refractivity contribution >= 4 is 17.9 Å². The highest BCUT2D eigenvalue weighted by Crippen LogP contribution is 2.17. The Labute approximate surface area is 508 Å². The van der Waals surface area contributed by atoms with Gasteiger partial charge in [0.15, 0.2) is 6.10 Å². The molecule has 0 fully saturated rings. The lowest BCUT2D eigenvalue weighted by Crippen LogP contribution is -2.30. The highest BCUT2D eigenvalue weighted by molar-refractivity contribution is 5.71. The smallest absolute Gasteiger partial charge is 0.306 e. The van der Waals surface area contributed by atoms with Crippen molar-refractivity contribution in [2.75, 3.05) is 13.2 Å². The van der Waals surface area contributed by atoms with E-state index in [4.69, 9.17) is 14.2 Å². The van der Waals surface area contributed by atoms with Crippen LogP contribution in [-0.4, -0.2) is 37.2 Å². The van der Waals surface area contributed by atoms with Gasteiger partial charge < -0.3 is 14.2 Å². The van der Waals surface area contributed by atoms with Crippen molar-refractivity contribution in [2.45, 2.75) is 341 Å². The second-order valence-electron chi connectivity index (χ2n) is 23.1. The maximum atomic E-state index is 12.9. The average Bonchev–Trinajstić information content (AvgIpc) is 3.48. The van der Waals surface area contributed by atoms with E-state index < -0.39 is 6.10 Å². The number of carbonyl (C=O) groups is 3. The number of ether oxygens (including phenoxy) is 3. The molecule has 0 saturated heterocycles. The van der Waals surface area contributed by atoms with Crippen molar-refractivity contribution in [2.24, 2.45) is 0 Å². The summed E-state index contributed by atoms with van der Waals surface area (Å²) in [6.07, 6.45) is 95.4. The Hall–Kier alpha value is -3.93. The summed E-state index contributed by atoms with van der Waals surface area (Å²) in [6.45, 7) is 6.54. The second kappa shape index (κ2) is 69.6. The first kappa shape index (κ1) is 78.1. The summed E-state index contributed by atoms with van der Waals surface area (Å²) in [5.41, 5.74) is 0. The summed E-state index contributed by atoms with van der Waals surface area (Å²) < 4.78 is 16.9. The highest BCUT2D eigenvalue weighted by atomic mass is 16.6. The molecule has 82 heavy (non-hydrogen) atoms. The van der Waals surface area contributed by atoms with Gasteiger partial charge in [-0.25, -0.2) is 0 Å². The van der Waals surface area contributed by atoms with Gasteiger partial charge in [0.25, 0.3) is 0 Å². The first-order chi connectivity index (χ1) is 40.5. The molecule has 0 aromatic carbocycles. The molecule has 0 bridgehead atoms. The van der Waals surface area contributed by atoms with Gasteiger partial charge in [-0.15, -0.1) is 0 Å². The highest BCUT2D eigenvalue weighted by Gasteiger charge is 2.19. The van der Waals surface area contributed by atoms with E-state index in [2.05, 4.69) is 130 Å². The van der Waals surface area contributed by atoms with Gasteiger partial charge in [-0.3, -0.25) is 14.4 Å². The van der Waals surface area contributed by atoms with Crippen molar-refractivity contribution in [1.82, 2.24) is 0 Å². The molecule has 0 aliphatic heterocycles. The Morgan fingerprint density at radius 2 is 0.476 bits per heavy atom. The first-order valence-electron chi connectivity index (χ1n) is 34.9. The van der Waals surface area contributed by atoms with Crippen molar-refractivity contribution in [3.63, 3.8) is 0 Å². The zero-order chi connectivity index (χ0) is 59.2. The van der Waals surface area contributed by atoms with Crippen LogP contribution in [0.3, 0.4) is 0 Å². The van der Waals surface area contributed by atoms with Gasteiger partial charge in [0.05, 0.1) is 0 Å². The van der Waals surface area contributed by atoms with Gasteiger partial charge >= 0.3 is 17.9 Å². The number of hydrogen-bond acceptors (Lipinski definition) is 6. The Morgan fingerprint density at radius 1 is 0.256 bits per heavy atom. The van der Waals surface area contributed by atoms with Crippen LogP contribution in [0.4, 0.5) is 0 Å². The van der Waals surface area contributed by atoms with Crippen LogP contribution >= 0.6 is 0 Å². The Bertz CT molecular complexity index is 1640. The molecule has 0 spiro atoms. The standard InChI is InChI=1S/C76H130O6/c1-4-7-10-13-16-19-22-25-28-29-30-31-32-33-34-35-36-37-38-39-40-41-42-43-44-45-46-47-49-51-54-57-60-63-66-69-75(78)81-72-73(71-80-74(77)68-65-62-59-56-53-50-27-24-21-18-15-12-9-6-3)82-76(79)70-67-64-61-58-55-52-48-26-23-20-17-14-11-8-5-2/h7,10,16,19,24-25,27-28,30-31,33-34,36-37,39-40,42-43,73H,4-6,8-9,11-15,17-18,20-23,26,29,32,35,38,41,44-72H2,1-3H3/b10-7-,19-16-,27-24-,28-25-,31-30-,34-33-,37-36-,40-39-,43-42-. The Kier molecular flexibility index (Phi) is 66.2. The van der Waals surface area contributed by atoms with Crippen molar-refractivity contribution in [1.29, 1.82) is 0 Å².